The molecule has 5 nitrogen and oxygen atoms in total. The number of ether oxygens (including phenoxy) is 2. The molecule has 0 unspecified atom stereocenters. The standard InChI is InChI=1S/C28H37Cl2NO4/c1-4-34-28(33)12-9-22-16-23(29)10-11-26(22)20(3)35-18-25(32)17-31-13-5-6-24(31)14-21-8-7-19(2)27(30)15-21/h7-8,10-11,15-16,20,24-25,32H,4-6,9,12-14,17-18H2,1-3H3/t20-,24+,25-/m1/s1. The van der Waals surface area contributed by atoms with Crippen LogP contribution in [-0.2, 0) is 27.1 Å². The SMILES string of the molecule is CCOC(=O)CCc1cc(Cl)ccc1[C@@H](C)OC[C@H](O)CN1CCC[C@H]1Cc1ccc(C)c(Cl)c1. The Bertz CT molecular complexity index is 983. The quantitative estimate of drug-likeness (QED) is 0.350. The molecule has 0 amide bonds. The smallest absolute Gasteiger partial charge is 0.306 e. The fourth-order valence-electron chi connectivity index (χ4n) is 4.73. The van der Waals surface area contributed by atoms with Crippen molar-refractivity contribution in [1.29, 1.82) is 0 Å². The van der Waals surface area contributed by atoms with Crippen LogP contribution in [0.1, 0.15) is 61.5 Å². The highest BCUT2D eigenvalue weighted by atomic mass is 35.5. The summed E-state index contributed by atoms with van der Waals surface area (Å²) in [5.41, 5.74) is 4.25. The summed E-state index contributed by atoms with van der Waals surface area (Å²) in [5, 5.41) is 12.2. The van der Waals surface area contributed by atoms with E-state index in [0.717, 1.165) is 47.5 Å². The number of carbonyl (C=O) groups excluding carboxylic acids is 1. The van der Waals surface area contributed by atoms with Crippen molar-refractivity contribution in [2.45, 2.75) is 71.1 Å². The number of hydrogen-bond donors (Lipinski definition) is 1. The van der Waals surface area contributed by atoms with Crippen molar-refractivity contribution >= 4 is 29.2 Å². The molecule has 3 rings (SSSR count). The molecule has 0 saturated carbocycles. The minimum absolute atomic E-state index is 0.226. The molecule has 7 heteroatoms. The van der Waals surface area contributed by atoms with Gasteiger partial charge in [0.1, 0.15) is 0 Å². The number of benzene rings is 2. The van der Waals surface area contributed by atoms with Gasteiger partial charge in [-0.3, -0.25) is 9.69 Å². The molecule has 0 aliphatic carbocycles. The summed E-state index contributed by atoms with van der Waals surface area (Å²) >= 11 is 12.5. The largest absolute Gasteiger partial charge is 0.466 e. The molecule has 1 fully saturated rings. The highest BCUT2D eigenvalue weighted by Crippen LogP contribution is 2.27. The van der Waals surface area contributed by atoms with Crippen LogP contribution in [0.4, 0.5) is 0 Å². The number of aryl methyl sites for hydroxylation is 2. The summed E-state index contributed by atoms with van der Waals surface area (Å²) in [4.78, 5) is 14.2. The molecule has 1 N–H and O–H groups in total. The summed E-state index contributed by atoms with van der Waals surface area (Å²) < 4.78 is 11.1. The first-order valence-electron chi connectivity index (χ1n) is 12.5. The van der Waals surface area contributed by atoms with Gasteiger partial charge in [-0.25, -0.2) is 0 Å². The zero-order valence-electron chi connectivity index (χ0n) is 20.9. The second-order valence-electron chi connectivity index (χ2n) is 9.36. The van der Waals surface area contributed by atoms with Crippen LogP contribution in [0.15, 0.2) is 36.4 Å². The number of halogens is 2. The van der Waals surface area contributed by atoms with Crippen LogP contribution in [0.2, 0.25) is 10.0 Å². The van der Waals surface area contributed by atoms with E-state index in [2.05, 4.69) is 23.1 Å². The van der Waals surface area contributed by atoms with Gasteiger partial charge in [-0.05, 0) is 93.5 Å². The van der Waals surface area contributed by atoms with Crippen LogP contribution >= 0.6 is 23.2 Å². The van der Waals surface area contributed by atoms with Crippen molar-refractivity contribution in [3.8, 4) is 0 Å². The molecule has 0 spiro atoms. The Kier molecular flexibility index (Phi) is 10.9. The van der Waals surface area contributed by atoms with Gasteiger partial charge in [0.2, 0.25) is 0 Å². The maximum absolute atomic E-state index is 11.8. The lowest BCUT2D eigenvalue weighted by Crippen LogP contribution is -2.39. The third-order valence-corrected chi connectivity index (χ3v) is 7.28. The Morgan fingerprint density at radius 1 is 1.23 bits per heavy atom. The van der Waals surface area contributed by atoms with E-state index < -0.39 is 6.10 Å². The van der Waals surface area contributed by atoms with E-state index in [4.69, 9.17) is 32.7 Å². The molecule has 0 aromatic heterocycles. The van der Waals surface area contributed by atoms with Crippen molar-refractivity contribution in [1.82, 2.24) is 4.90 Å². The number of rotatable bonds is 12. The van der Waals surface area contributed by atoms with Crippen molar-refractivity contribution in [3.63, 3.8) is 0 Å². The Balaban J connectivity index is 1.53. The molecular weight excluding hydrogens is 485 g/mol. The Labute approximate surface area is 219 Å². The lowest BCUT2D eigenvalue weighted by atomic mass is 9.99. The van der Waals surface area contributed by atoms with Crippen LogP contribution in [0.5, 0.6) is 0 Å². The summed E-state index contributed by atoms with van der Waals surface area (Å²) in [6, 6.07) is 12.3. The van der Waals surface area contributed by atoms with Crippen LogP contribution in [0.25, 0.3) is 0 Å². The van der Waals surface area contributed by atoms with Gasteiger partial charge in [0.05, 0.1) is 25.4 Å². The fourth-order valence-corrected chi connectivity index (χ4v) is 5.13. The summed E-state index contributed by atoms with van der Waals surface area (Å²) in [7, 11) is 0. The summed E-state index contributed by atoms with van der Waals surface area (Å²) in [6.45, 7) is 7.93. The lowest BCUT2D eigenvalue weighted by Gasteiger charge is -2.28. The van der Waals surface area contributed by atoms with Gasteiger partial charge >= 0.3 is 5.97 Å². The van der Waals surface area contributed by atoms with Gasteiger partial charge < -0.3 is 14.6 Å². The van der Waals surface area contributed by atoms with Crippen LogP contribution in [-0.4, -0.2) is 54.4 Å². The van der Waals surface area contributed by atoms with Gasteiger partial charge in [0, 0.05) is 29.1 Å². The van der Waals surface area contributed by atoms with E-state index in [9.17, 15) is 9.90 Å². The zero-order chi connectivity index (χ0) is 25.4. The molecule has 2 aromatic carbocycles. The molecule has 1 heterocycles. The van der Waals surface area contributed by atoms with E-state index in [1.165, 1.54) is 5.56 Å². The van der Waals surface area contributed by atoms with E-state index >= 15 is 0 Å². The Hall–Kier alpha value is -1.63. The van der Waals surface area contributed by atoms with Crippen molar-refractivity contribution < 1.29 is 19.4 Å². The molecule has 0 bridgehead atoms. The highest BCUT2D eigenvalue weighted by Gasteiger charge is 2.27. The molecule has 0 radical (unpaired) electrons. The first-order valence-corrected chi connectivity index (χ1v) is 13.2. The molecule has 1 aliphatic heterocycles. The maximum atomic E-state index is 11.8. The number of β-amino-alcohol motifs (C(OH)–C–C–N with tert-alkyl or cyclic N) is 1. The van der Waals surface area contributed by atoms with Crippen molar-refractivity contribution in [2.24, 2.45) is 0 Å². The second kappa shape index (κ2) is 13.6. The van der Waals surface area contributed by atoms with Crippen LogP contribution in [0.3, 0.4) is 0 Å². The number of aliphatic hydroxyl groups is 1. The monoisotopic (exact) mass is 521 g/mol. The number of likely N-dealkylation sites (tertiary alicyclic amines) is 1. The van der Waals surface area contributed by atoms with Crippen LogP contribution < -0.4 is 0 Å². The molecular formula is C28H37Cl2NO4. The highest BCUT2D eigenvalue weighted by molar-refractivity contribution is 6.31. The Morgan fingerprint density at radius 2 is 2.03 bits per heavy atom. The fraction of sp³-hybridized carbons (Fsp3) is 0.536. The van der Waals surface area contributed by atoms with Gasteiger partial charge in [0.15, 0.2) is 0 Å². The second-order valence-corrected chi connectivity index (χ2v) is 10.2. The molecule has 35 heavy (non-hydrogen) atoms. The van der Waals surface area contributed by atoms with E-state index in [1.54, 1.807) is 6.92 Å². The normalized spacial score (nSPS) is 17.9. The van der Waals surface area contributed by atoms with Gasteiger partial charge in [0.25, 0.3) is 0 Å². The zero-order valence-corrected chi connectivity index (χ0v) is 22.4. The third-order valence-electron chi connectivity index (χ3n) is 6.64. The minimum atomic E-state index is -0.588. The Morgan fingerprint density at radius 3 is 2.77 bits per heavy atom. The van der Waals surface area contributed by atoms with Gasteiger partial charge in [-0.2, -0.15) is 0 Å². The number of esters is 1. The van der Waals surface area contributed by atoms with Crippen molar-refractivity contribution in [2.75, 3.05) is 26.3 Å². The molecule has 192 valence electrons. The average Bonchev–Trinajstić information content (AvgIpc) is 3.25. The van der Waals surface area contributed by atoms with Crippen LogP contribution in [0, 0.1) is 6.92 Å². The predicted molar refractivity (Wildman–Crippen MR) is 141 cm³/mol. The number of carbonyl (C=O) groups is 1. The van der Waals surface area contributed by atoms with E-state index in [-0.39, 0.29) is 18.7 Å². The molecule has 2 aromatic rings. The number of nitrogens with zero attached hydrogens (tertiary/aromatic N) is 1. The topological polar surface area (TPSA) is 59.0 Å². The summed E-state index contributed by atoms with van der Waals surface area (Å²) in [6.07, 6.45) is 3.17. The number of aliphatic hydroxyl groups excluding tert-OH is 1. The molecule has 1 saturated heterocycles. The van der Waals surface area contributed by atoms with Gasteiger partial charge in [-0.15, -0.1) is 0 Å². The average molecular weight is 523 g/mol. The van der Waals surface area contributed by atoms with Crippen molar-refractivity contribution in [3.05, 3.63) is 68.7 Å². The van der Waals surface area contributed by atoms with E-state index in [0.29, 0.717) is 37.1 Å². The lowest BCUT2D eigenvalue weighted by molar-refractivity contribution is -0.143. The van der Waals surface area contributed by atoms with Gasteiger partial charge in [-0.1, -0.05) is 41.4 Å². The minimum Gasteiger partial charge on any atom is -0.466 e. The molecule has 1 aliphatic rings. The third kappa shape index (κ3) is 8.47. The predicted octanol–water partition coefficient (Wildman–Crippen LogP) is 5.94. The summed E-state index contributed by atoms with van der Waals surface area (Å²) in [5.74, 6) is -0.226. The number of hydrogen-bond acceptors (Lipinski definition) is 5. The molecule has 3 atom stereocenters. The first kappa shape index (κ1) is 27.9. The van der Waals surface area contributed by atoms with E-state index in [1.807, 2.05) is 32.0 Å². The maximum Gasteiger partial charge on any atom is 0.306 e. The first-order chi connectivity index (χ1) is 16.8.